The Morgan fingerprint density at radius 1 is 1.08 bits per heavy atom. The molecule has 1 heterocycles. The predicted octanol–water partition coefficient (Wildman–Crippen LogP) is 7.31. The van der Waals surface area contributed by atoms with Crippen molar-refractivity contribution >= 4 is 6.09 Å². The number of likely N-dealkylation sites (N-methyl/N-ethyl adjacent to an activating group) is 1. The van der Waals surface area contributed by atoms with Crippen LogP contribution in [0.4, 0.5) is 4.79 Å². The topological polar surface area (TPSA) is 50.8 Å². The number of ether oxygens (including phenoxy) is 2. The number of nitrogens with zero attached hydrogens (tertiary/aromatic N) is 1. The molecule has 5 rings (SSSR count). The molecule has 1 aliphatic heterocycles. The molecule has 39 heavy (non-hydrogen) atoms. The fourth-order valence-corrected chi connectivity index (χ4v) is 10.5. The molecule has 0 aromatic heterocycles. The van der Waals surface area contributed by atoms with Crippen LogP contribution in [0.5, 0.6) is 0 Å². The van der Waals surface area contributed by atoms with Gasteiger partial charge in [-0.15, -0.1) is 0 Å². The van der Waals surface area contributed by atoms with Gasteiger partial charge in [0, 0.05) is 32.7 Å². The summed E-state index contributed by atoms with van der Waals surface area (Å²) in [6.07, 6.45) is 13.5. The van der Waals surface area contributed by atoms with Gasteiger partial charge in [0.05, 0.1) is 0 Å². The summed E-state index contributed by atoms with van der Waals surface area (Å²) in [7, 11) is 0. The average molecular weight is 543 g/mol. The number of fused-ring (bicyclic) bond motifs is 7. The van der Waals surface area contributed by atoms with Crippen molar-refractivity contribution in [2.75, 3.05) is 39.4 Å². The number of rotatable bonds is 6. The number of carbonyl (C=O) groups excluding carboxylic acids is 1. The molecule has 5 nitrogen and oxygen atoms in total. The van der Waals surface area contributed by atoms with Gasteiger partial charge in [-0.3, -0.25) is 0 Å². The number of hydrogen-bond donors (Lipinski definition) is 1. The average Bonchev–Trinajstić information content (AvgIpc) is 3.24. The van der Waals surface area contributed by atoms with E-state index < -0.39 is 0 Å². The van der Waals surface area contributed by atoms with Crippen LogP contribution in [-0.2, 0) is 9.47 Å². The fourth-order valence-electron chi connectivity index (χ4n) is 10.5. The normalized spacial score (nSPS) is 44.0. The predicted molar refractivity (Wildman–Crippen MR) is 159 cm³/mol. The molecule has 4 aliphatic carbocycles. The van der Waals surface area contributed by atoms with Gasteiger partial charge in [0.15, 0.2) is 0 Å². The Balaban J connectivity index is 1.23. The molecule has 3 saturated carbocycles. The maximum absolute atomic E-state index is 12.6. The summed E-state index contributed by atoms with van der Waals surface area (Å²) < 4.78 is 12.3. The third-order valence-corrected chi connectivity index (χ3v) is 12.7. The first-order valence-electron chi connectivity index (χ1n) is 16.6. The molecule has 4 fully saturated rings. The van der Waals surface area contributed by atoms with Gasteiger partial charge in [-0.25, -0.2) is 4.79 Å². The van der Waals surface area contributed by atoms with Gasteiger partial charge >= 0.3 is 6.09 Å². The molecule has 0 bridgehead atoms. The quantitative estimate of drug-likeness (QED) is 0.358. The van der Waals surface area contributed by atoms with Gasteiger partial charge < -0.3 is 19.7 Å². The summed E-state index contributed by atoms with van der Waals surface area (Å²) in [5, 5.41) is 3.00. The molecule has 5 aliphatic rings. The van der Waals surface area contributed by atoms with E-state index in [1.165, 1.54) is 38.5 Å². The lowest BCUT2D eigenvalue weighted by molar-refractivity contribution is -0.0603. The monoisotopic (exact) mass is 542 g/mol. The fraction of sp³-hybridized carbons (Fsp3) is 0.912. The summed E-state index contributed by atoms with van der Waals surface area (Å²) in [6.45, 7) is 20.0. The minimum atomic E-state index is -0.236. The molecule has 1 N–H and O–H groups in total. The van der Waals surface area contributed by atoms with Crippen LogP contribution in [0.25, 0.3) is 0 Å². The van der Waals surface area contributed by atoms with E-state index in [9.17, 15) is 4.79 Å². The first-order valence-corrected chi connectivity index (χ1v) is 16.6. The standard InChI is InChI=1S/C34H58N2O3/c1-7-36(8-2)18-17-35-32(37)39-27-13-15-33(5)26(20-27)11-12-28-29(33)14-16-34(6)30(28)19-25-22-38-21-23(3)9-10-24(4)31(25)34/h11,23-25,27-31H,7-10,12-22H2,1-6H3,(H,35,37)/t23-,24+,25+,27-,28+,29-,30-,31-,33-,34-/m0/s1. The number of hydrogen-bond acceptors (Lipinski definition) is 4. The number of allylic oxidation sites excluding steroid dienone is 1. The maximum atomic E-state index is 12.6. The molecule has 5 heteroatoms. The molecule has 0 radical (unpaired) electrons. The SMILES string of the molecule is CCN(CC)CCNC(=O)O[C@H]1CC[C@@]2(C)C(=CC[C@H]3[C@@H]4C[C@@H]5COC[C@@H](C)CC[C@@H](C)[C@@H]5[C@@]4(C)CC[C@@H]32)C1. The minimum Gasteiger partial charge on any atom is -0.446 e. The largest absolute Gasteiger partial charge is 0.446 e. The van der Waals surface area contributed by atoms with Crippen LogP contribution in [0.2, 0.25) is 0 Å². The number of carbonyl (C=O) groups is 1. The van der Waals surface area contributed by atoms with Crippen LogP contribution in [0.3, 0.4) is 0 Å². The number of alkyl carbamates (subject to hydrolysis) is 1. The molecule has 1 saturated heterocycles. The lowest BCUT2D eigenvalue weighted by Gasteiger charge is -2.58. The zero-order valence-electron chi connectivity index (χ0n) is 26.0. The Morgan fingerprint density at radius 3 is 2.64 bits per heavy atom. The highest BCUT2D eigenvalue weighted by Gasteiger charge is 2.61. The van der Waals surface area contributed by atoms with Gasteiger partial charge in [-0.1, -0.05) is 59.6 Å². The van der Waals surface area contributed by atoms with Crippen LogP contribution in [0.15, 0.2) is 11.6 Å². The second-order valence-electron chi connectivity index (χ2n) is 14.7. The molecule has 1 amide bonds. The van der Waals surface area contributed by atoms with Crippen molar-refractivity contribution in [3.8, 4) is 0 Å². The van der Waals surface area contributed by atoms with Gasteiger partial charge in [-0.2, -0.15) is 0 Å². The highest BCUT2D eigenvalue weighted by molar-refractivity contribution is 5.67. The van der Waals surface area contributed by atoms with Crippen LogP contribution in [0.1, 0.15) is 99.3 Å². The molecule has 222 valence electrons. The lowest BCUT2D eigenvalue weighted by Crippen LogP contribution is -2.51. The zero-order chi connectivity index (χ0) is 27.8. The molecule has 0 aromatic rings. The summed E-state index contributed by atoms with van der Waals surface area (Å²) >= 11 is 0. The summed E-state index contributed by atoms with van der Waals surface area (Å²) in [6, 6.07) is 0. The second kappa shape index (κ2) is 12.0. The molecule has 0 unspecified atom stereocenters. The Bertz CT molecular complexity index is 886. The Hall–Kier alpha value is -1.07. The lowest BCUT2D eigenvalue weighted by atomic mass is 9.47. The summed E-state index contributed by atoms with van der Waals surface area (Å²) in [4.78, 5) is 14.9. The third-order valence-electron chi connectivity index (χ3n) is 12.7. The van der Waals surface area contributed by atoms with Crippen molar-refractivity contribution in [1.29, 1.82) is 0 Å². The highest BCUT2D eigenvalue weighted by Crippen LogP contribution is 2.68. The number of amides is 1. The number of nitrogens with one attached hydrogen (secondary N) is 1. The zero-order valence-corrected chi connectivity index (χ0v) is 26.0. The van der Waals surface area contributed by atoms with E-state index in [1.807, 2.05) is 0 Å². The van der Waals surface area contributed by atoms with Crippen LogP contribution >= 0.6 is 0 Å². The van der Waals surface area contributed by atoms with E-state index in [0.717, 1.165) is 87.6 Å². The van der Waals surface area contributed by atoms with Gasteiger partial charge in [0.1, 0.15) is 6.10 Å². The Kier molecular flexibility index (Phi) is 9.08. The van der Waals surface area contributed by atoms with Gasteiger partial charge in [-0.05, 0) is 110 Å². The summed E-state index contributed by atoms with van der Waals surface area (Å²) in [5.41, 5.74) is 2.33. The van der Waals surface area contributed by atoms with Gasteiger partial charge in [0.2, 0.25) is 0 Å². The van der Waals surface area contributed by atoms with E-state index in [2.05, 4.69) is 57.8 Å². The Labute approximate surface area is 239 Å². The van der Waals surface area contributed by atoms with Gasteiger partial charge in [0.25, 0.3) is 0 Å². The maximum Gasteiger partial charge on any atom is 0.407 e. The highest BCUT2D eigenvalue weighted by atomic mass is 16.6. The van der Waals surface area contributed by atoms with Crippen LogP contribution in [0, 0.1) is 52.3 Å². The first-order chi connectivity index (χ1) is 18.7. The molecular weight excluding hydrogens is 484 g/mol. The Morgan fingerprint density at radius 2 is 1.87 bits per heavy atom. The van der Waals surface area contributed by atoms with Crippen molar-refractivity contribution in [1.82, 2.24) is 10.2 Å². The van der Waals surface area contributed by atoms with E-state index in [-0.39, 0.29) is 17.6 Å². The van der Waals surface area contributed by atoms with Crippen molar-refractivity contribution < 1.29 is 14.3 Å². The van der Waals surface area contributed by atoms with Crippen molar-refractivity contribution in [3.63, 3.8) is 0 Å². The third kappa shape index (κ3) is 5.70. The molecule has 10 atom stereocenters. The van der Waals surface area contributed by atoms with E-state index in [1.54, 1.807) is 5.57 Å². The minimum absolute atomic E-state index is 0.0226. The van der Waals surface area contributed by atoms with Crippen LogP contribution < -0.4 is 5.32 Å². The molecular formula is C34H58N2O3. The van der Waals surface area contributed by atoms with Crippen LogP contribution in [-0.4, -0.2) is 56.5 Å². The van der Waals surface area contributed by atoms with Crippen molar-refractivity contribution in [2.45, 2.75) is 105 Å². The smallest absolute Gasteiger partial charge is 0.407 e. The van der Waals surface area contributed by atoms with Crippen molar-refractivity contribution in [3.05, 3.63) is 11.6 Å². The first kappa shape index (κ1) is 29.4. The molecule has 0 aromatic carbocycles. The summed E-state index contributed by atoms with van der Waals surface area (Å²) in [5.74, 6) is 5.47. The van der Waals surface area contributed by atoms with E-state index in [0.29, 0.717) is 17.9 Å². The molecule has 0 spiro atoms. The van der Waals surface area contributed by atoms with E-state index >= 15 is 0 Å². The van der Waals surface area contributed by atoms with Crippen molar-refractivity contribution in [2.24, 2.45) is 52.3 Å². The second-order valence-corrected chi connectivity index (χ2v) is 14.7. The van der Waals surface area contributed by atoms with E-state index in [4.69, 9.17) is 9.47 Å².